The van der Waals surface area contributed by atoms with Gasteiger partial charge in [0.15, 0.2) is 0 Å². The number of hydrogen-bond acceptors (Lipinski definition) is 3. The van der Waals surface area contributed by atoms with Gasteiger partial charge in [-0.25, -0.2) is 0 Å². The van der Waals surface area contributed by atoms with Crippen LogP contribution in [-0.4, -0.2) is 32.2 Å². The van der Waals surface area contributed by atoms with Crippen LogP contribution < -0.4 is 10.2 Å². The second-order valence-electron chi connectivity index (χ2n) is 4.05. The van der Waals surface area contributed by atoms with Crippen LogP contribution in [0.4, 0.5) is 11.4 Å². The highest BCUT2D eigenvalue weighted by Gasteiger charge is 2.11. The minimum atomic E-state index is 0.0455. The normalized spacial score (nSPS) is 15.7. The van der Waals surface area contributed by atoms with Crippen molar-refractivity contribution in [3.05, 3.63) is 24.3 Å². The van der Waals surface area contributed by atoms with Gasteiger partial charge in [-0.15, -0.1) is 0 Å². The van der Waals surface area contributed by atoms with Crippen LogP contribution in [0, 0.1) is 0 Å². The van der Waals surface area contributed by atoms with E-state index in [1.807, 2.05) is 25.1 Å². The van der Waals surface area contributed by atoms with Crippen LogP contribution in [0.5, 0.6) is 0 Å². The molecule has 1 amide bonds. The molecule has 0 radical (unpaired) electrons. The Labute approximate surface area is 102 Å². The molecule has 0 aliphatic carbocycles. The van der Waals surface area contributed by atoms with Crippen molar-refractivity contribution >= 4 is 17.3 Å². The summed E-state index contributed by atoms with van der Waals surface area (Å²) in [6, 6.07) is 7.96. The second-order valence-corrected chi connectivity index (χ2v) is 4.05. The van der Waals surface area contributed by atoms with Crippen molar-refractivity contribution in [2.45, 2.75) is 13.3 Å². The number of rotatable bonds is 3. The van der Waals surface area contributed by atoms with Gasteiger partial charge in [0.05, 0.1) is 13.2 Å². The molecule has 1 fully saturated rings. The Morgan fingerprint density at radius 1 is 1.41 bits per heavy atom. The first kappa shape index (κ1) is 11.9. The fourth-order valence-electron chi connectivity index (χ4n) is 1.85. The Bertz CT molecular complexity index is 387. The number of benzene rings is 1. The van der Waals surface area contributed by atoms with E-state index in [-0.39, 0.29) is 5.91 Å². The van der Waals surface area contributed by atoms with Crippen molar-refractivity contribution in [2.75, 3.05) is 36.5 Å². The maximum absolute atomic E-state index is 11.3. The third-order valence-corrected chi connectivity index (χ3v) is 2.83. The molecule has 1 aromatic rings. The van der Waals surface area contributed by atoms with Gasteiger partial charge in [-0.3, -0.25) is 4.79 Å². The summed E-state index contributed by atoms with van der Waals surface area (Å²) in [6.45, 7) is 5.20. The molecule has 4 heteroatoms. The maximum atomic E-state index is 11.3. The number of nitrogens with one attached hydrogen (secondary N) is 1. The van der Waals surface area contributed by atoms with Crippen LogP contribution in [-0.2, 0) is 9.53 Å². The number of carbonyl (C=O) groups excluding carboxylic acids is 1. The van der Waals surface area contributed by atoms with Crippen LogP contribution in [0.25, 0.3) is 0 Å². The molecule has 1 N–H and O–H groups in total. The molecule has 0 aromatic heterocycles. The van der Waals surface area contributed by atoms with E-state index in [9.17, 15) is 4.79 Å². The molecule has 1 aliphatic rings. The summed E-state index contributed by atoms with van der Waals surface area (Å²) in [7, 11) is 0. The van der Waals surface area contributed by atoms with Crippen LogP contribution in [0.15, 0.2) is 24.3 Å². The molecule has 1 aliphatic heterocycles. The van der Waals surface area contributed by atoms with Gasteiger partial charge in [0.2, 0.25) is 5.91 Å². The number of morpholine rings is 1. The first-order valence-corrected chi connectivity index (χ1v) is 6.02. The van der Waals surface area contributed by atoms with Crippen molar-refractivity contribution in [3.8, 4) is 0 Å². The van der Waals surface area contributed by atoms with E-state index in [1.165, 1.54) is 0 Å². The van der Waals surface area contributed by atoms with Gasteiger partial charge in [-0.1, -0.05) is 13.0 Å². The molecule has 1 saturated heterocycles. The van der Waals surface area contributed by atoms with Gasteiger partial charge in [0.1, 0.15) is 0 Å². The van der Waals surface area contributed by atoms with Crippen LogP contribution in [0.1, 0.15) is 13.3 Å². The van der Waals surface area contributed by atoms with Crippen molar-refractivity contribution in [1.29, 1.82) is 0 Å². The van der Waals surface area contributed by atoms with Crippen LogP contribution >= 0.6 is 0 Å². The summed E-state index contributed by atoms with van der Waals surface area (Å²) < 4.78 is 5.32. The Morgan fingerprint density at radius 3 is 2.88 bits per heavy atom. The molecule has 0 saturated carbocycles. The Kier molecular flexibility index (Phi) is 3.98. The molecule has 0 spiro atoms. The SMILES string of the molecule is CCC(=O)Nc1cccc(N2CCOCC2)c1. The number of anilines is 2. The number of carbonyl (C=O) groups is 1. The summed E-state index contributed by atoms with van der Waals surface area (Å²) in [4.78, 5) is 13.6. The lowest BCUT2D eigenvalue weighted by Crippen LogP contribution is -2.36. The monoisotopic (exact) mass is 234 g/mol. The third-order valence-electron chi connectivity index (χ3n) is 2.83. The third kappa shape index (κ3) is 3.20. The van der Waals surface area contributed by atoms with Crippen molar-refractivity contribution in [1.82, 2.24) is 0 Å². The fraction of sp³-hybridized carbons (Fsp3) is 0.462. The molecular formula is C13H18N2O2. The van der Waals surface area contributed by atoms with Gasteiger partial charge in [0, 0.05) is 30.9 Å². The highest BCUT2D eigenvalue weighted by molar-refractivity contribution is 5.90. The van der Waals surface area contributed by atoms with Crippen molar-refractivity contribution in [3.63, 3.8) is 0 Å². The van der Waals surface area contributed by atoms with E-state index in [4.69, 9.17) is 4.74 Å². The molecule has 0 bridgehead atoms. The average molecular weight is 234 g/mol. The first-order valence-electron chi connectivity index (χ1n) is 6.02. The average Bonchev–Trinajstić information content (AvgIpc) is 2.40. The predicted octanol–water partition coefficient (Wildman–Crippen LogP) is 1.87. The number of hydrogen-bond donors (Lipinski definition) is 1. The molecule has 0 atom stereocenters. The van der Waals surface area contributed by atoms with Crippen molar-refractivity contribution in [2.24, 2.45) is 0 Å². The zero-order valence-corrected chi connectivity index (χ0v) is 10.1. The van der Waals surface area contributed by atoms with Gasteiger partial charge in [-0.2, -0.15) is 0 Å². The Balaban J connectivity index is 2.07. The fourth-order valence-corrected chi connectivity index (χ4v) is 1.85. The summed E-state index contributed by atoms with van der Waals surface area (Å²) in [5.74, 6) is 0.0455. The Morgan fingerprint density at radius 2 is 2.18 bits per heavy atom. The predicted molar refractivity (Wildman–Crippen MR) is 68.4 cm³/mol. The zero-order valence-electron chi connectivity index (χ0n) is 10.1. The lowest BCUT2D eigenvalue weighted by Gasteiger charge is -2.29. The van der Waals surface area contributed by atoms with E-state index in [1.54, 1.807) is 0 Å². The molecule has 1 heterocycles. The quantitative estimate of drug-likeness (QED) is 0.868. The molecule has 4 nitrogen and oxygen atoms in total. The Hall–Kier alpha value is -1.55. The molecule has 17 heavy (non-hydrogen) atoms. The minimum absolute atomic E-state index is 0.0455. The summed E-state index contributed by atoms with van der Waals surface area (Å²) >= 11 is 0. The van der Waals surface area contributed by atoms with E-state index in [0.717, 1.165) is 37.7 Å². The highest BCUT2D eigenvalue weighted by Crippen LogP contribution is 2.20. The lowest BCUT2D eigenvalue weighted by atomic mass is 10.2. The number of nitrogens with zero attached hydrogens (tertiary/aromatic N) is 1. The molecular weight excluding hydrogens is 216 g/mol. The number of amides is 1. The topological polar surface area (TPSA) is 41.6 Å². The van der Waals surface area contributed by atoms with E-state index in [2.05, 4.69) is 16.3 Å². The molecule has 1 aromatic carbocycles. The van der Waals surface area contributed by atoms with Gasteiger partial charge >= 0.3 is 0 Å². The van der Waals surface area contributed by atoms with Crippen LogP contribution in [0.3, 0.4) is 0 Å². The second kappa shape index (κ2) is 5.68. The maximum Gasteiger partial charge on any atom is 0.224 e. The molecule has 0 unspecified atom stereocenters. The summed E-state index contributed by atoms with van der Waals surface area (Å²) in [5, 5.41) is 2.87. The van der Waals surface area contributed by atoms with Gasteiger partial charge in [-0.05, 0) is 18.2 Å². The van der Waals surface area contributed by atoms with E-state index >= 15 is 0 Å². The van der Waals surface area contributed by atoms with Crippen LogP contribution in [0.2, 0.25) is 0 Å². The highest BCUT2D eigenvalue weighted by atomic mass is 16.5. The first-order chi connectivity index (χ1) is 8.29. The lowest BCUT2D eigenvalue weighted by molar-refractivity contribution is -0.115. The molecule has 92 valence electrons. The summed E-state index contributed by atoms with van der Waals surface area (Å²) in [6.07, 6.45) is 0.502. The smallest absolute Gasteiger partial charge is 0.224 e. The van der Waals surface area contributed by atoms with Gasteiger partial charge in [0.25, 0.3) is 0 Å². The largest absolute Gasteiger partial charge is 0.378 e. The van der Waals surface area contributed by atoms with E-state index < -0.39 is 0 Å². The zero-order chi connectivity index (χ0) is 12.1. The minimum Gasteiger partial charge on any atom is -0.378 e. The standard InChI is InChI=1S/C13H18N2O2/c1-2-13(16)14-11-4-3-5-12(10-11)15-6-8-17-9-7-15/h3-5,10H,2,6-9H2,1H3,(H,14,16). The molecule has 2 rings (SSSR count). The van der Waals surface area contributed by atoms with E-state index in [0.29, 0.717) is 6.42 Å². The van der Waals surface area contributed by atoms with Crippen molar-refractivity contribution < 1.29 is 9.53 Å². The number of ether oxygens (including phenoxy) is 1. The summed E-state index contributed by atoms with van der Waals surface area (Å²) in [5.41, 5.74) is 2.00. The van der Waals surface area contributed by atoms with Gasteiger partial charge < -0.3 is 15.0 Å².